The monoisotopic (exact) mass is 241 g/mol. The van der Waals surface area contributed by atoms with Crippen LogP contribution in [0.3, 0.4) is 0 Å². The van der Waals surface area contributed by atoms with E-state index in [1.165, 1.54) is 0 Å². The third kappa shape index (κ3) is 1.92. The fourth-order valence-electron chi connectivity index (χ4n) is 3.04. The maximum Gasteiger partial charge on any atom is 0.163 e. The van der Waals surface area contributed by atoms with Crippen LogP contribution in [0.5, 0.6) is 0 Å². The molecule has 0 amide bonds. The van der Waals surface area contributed by atoms with Crippen LogP contribution in [-0.4, -0.2) is 53.7 Å². The quantitative estimate of drug-likeness (QED) is 0.792. The van der Waals surface area contributed by atoms with Crippen LogP contribution in [-0.2, 0) is 9.53 Å². The maximum absolute atomic E-state index is 12.6. The van der Waals surface area contributed by atoms with Crippen LogP contribution >= 0.6 is 0 Å². The molecule has 0 aromatic rings. The molecule has 98 valence electrons. The van der Waals surface area contributed by atoms with Gasteiger partial charge in [-0.15, -0.1) is 0 Å². The van der Waals surface area contributed by atoms with E-state index < -0.39 is 5.54 Å². The SMILES string of the molecule is CC(C)OC[C@@]1(CO)C(=O)C2(C)CCN1CC2. The Morgan fingerprint density at radius 1 is 1.41 bits per heavy atom. The highest BCUT2D eigenvalue weighted by molar-refractivity contribution is 5.95. The molecule has 0 saturated carbocycles. The van der Waals surface area contributed by atoms with Gasteiger partial charge in [-0.25, -0.2) is 0 Å². The van der Waals surface area contributed by atoms with Crippen LogP contribution in [0.15, 0.2) is 0 Å². The highest BCUT2D eigenvalue weighted by Gasteiger charge is 2.58. The first-order chi connectivity index (χ1) is 7.94. The van der Waals surface area contributed by atoms with Gasteiger partial charge in [0.1, 0.15) is 5.54 Å². The molecule has 0 spiro atoms. The predicted octanol–water partition coefficient (Wildman–Crippen LogP) is 0.827. The number of fused-ring (bicyclic) bond motifs is 3. The second-order valence-corrected chi connectivity index (χ2v) is 5.93. The van der Waals surface area contributed by atoms with E-state index in [1.54, 1.807) is 0 Å². The standard InChI is InChI=1S/C13H23NO3/c1-10(2)17-9-13(8-15)11(16)12(3)4-6-14(13)7-5-12/h10,15H,4-9H2,1-3H3/t13-/m0/s1. The summed E-state index contributed by atoms with van der Waals surface area (Å²) in [5.41, 5.74) is -1.03. The molecular formula is C13H23NO3. The molecule has 3 heterocycles. The summed E-state index contributed by atoms with van der Waals surface area (Å²) >= 11 is 0. The Bertz CT molecular complexity index is 308. The fraction of sp³-hybridized carbons (Fsp3) is 0.923. The van der Waals surface area contributed by atoms with Gasteiger partial charge in [-0.2, -0.15) is 0 Å². The minimum absolute atomic E-state index is 0.0840. The predicted molar refractivity (Wildman–Crippen MR) is 64.8 cm³/mol. The summed E-state index contributed by atoms with van der Waals surface area (Å²) < 4.78 is 5.62. The highest BCUT2D eigenvalue weighted by Crippen LogP contribution is 2.44. The normalized spacial score (nSPS) is 41.2. The Morgan fingerprint density at radius 2 is 2.00 bits per heavy atom. The molecule has 4 heteroatoms. The average Bonchev–Trinajstić information content (AvgIpc) is 2.31. The molecule has 0 aromatic carbocycles. The van der Waals surface area contributed by atoms with E-state index in [9.17, 15) is 9.90 Å². The number of hydrogen-bond acceptors (Lipinski definition) is 4. The number of Topliss-reactive ketones (excluding diaryl/α,β-unsaturated/α-hetero) is 1. The first kappa shape index (κ1) is 13.0. The summed E-state index contributed by atoms with van der Waals surface area (Å²) in [5.74, 6) is 0.172. The second-order valence-electron chi connectivity index (χ2n) is 5.93. The van der Waals surface area contributed by atoms with Crippen LogP contribution in [0.4, 0.5) is 0 Å². The van der Waals surface area contributed by atoms with Gasteiger partial charge in [-0.1, -0.05) is 6.92 Å². The Labute approximate surface area is 103 Å². The molecule has 3 saturated heterocycles. The van der Waals surface area contributed by atoms with E-state index in [2.05, 4.69) is 4.90 Å². The third-order valence-electron chi connectivity index (χ3n) is 4.36. The number of hydrogen-bond donors (Lipinski definition) is 1. The topological polar surface area (TPSA) is 49.8 Å². The van der Waals surface area contributed by atoms with Crippen molar-refractivity contribution in [3.8, 4) is 0 Å². The summed E-state index contributed by atoms with van der Waals surface area (Å²) in [5, 5.41) is 9.72. The van der Waals surface area contributed by atoms with E-state index in [4.69, 9.17) is 4.74 Å². The van der Waals surface area contributed by atoms with Crippen molar-refractivity contribution >= 4 is 5.78 Å². The molecule has 1 N–H and O–H groups in total. The van der Waals surface area contributed by atoms with Crippen molar-refractivity contribution in [1.82, 2.24) is 4.90 Å². The van der Waals surface area contributed by atoms with E-state index in [0.717, 1.165) is 25.9 Å². The van der Waals surface area contributed by atoms with Crippen LogP contribution in [0.25, 0.3) is 0 Å². The Balaban J connectivity index is 2.23. The van der Waals surface area contributed by atoms with E-state index in [-0.39, 0.29) is 23.9 Å². The van der Waals surface area contributed by atoms with Crippen LogP contribution in [0, 0.1) is 5.41 Å². The Hall–Kier alpha value is -0.450. The van der Waals surface area contributed by atoms with E-state index >= 15 is 0 Å². The van der Waals surface area contributed by atoms with Gasteiger partial charge in [0.2, 0.25) is 0 Å². The molecule has 0 unspecified atom stereocenters. The van der Waals surface area contributed by atoms with Gasteiger partial charge in [0, 0.05) is 18.5 Å². The number of piperidine rings is 3. The number of aliphatic hydroxyl groups excluding tert-OH is 1. The summed E-state index contributed by atoms with van der Waals surface area (Å²) in [6.45, 7) is 7.91. The summed E-state index contributed by atoms with van der Waals surface area (Å²) in [7, 11) is 0. The molecule has 3 rings (SSSR count). The zero-order valence-corrected chi connectivity index (χ0v) is 11.0. The fourth-order valence-corrected chi connectivity index (χ4v) is 3.04. The molecule has 2 bridgehead atoms. The lowest BCUT2D eigenvalue weighted by atomic mass is 9.64. The largest absolute Gasteiger partial charge is 0.394 e. The Morgan fingerprint density at radius 3 is 2.47 bits per heavy atom. The number of ether oxygens (including phenoxy) is 1. The molecule has 0 aliphatic carbocycles. The zero-order valence-electron chi connectivity index (χ0n) is 11.0. The van der Waals surface area contributed by atoms with Gasteiger partial charge in [-0.3, -0.25) is 9.69 Å². The summed E-state index contributed by atoms with van der Waals surface area (Å²) in [4.78, 5) is 14.7. The van der Waals surface area contributed by atoms with Crippen molar-refractivity contribution in [3.05, 3.63) is 0 Å². The first-order valence-electron chi connectivity index (χ1n) is 6.47. The number of carbonyl (C=O) groups excluding carboxylic acids is 1. The van der Waals surface area contributed by atoms with E-state index in [1.807, 2.05) is 20.8 Å². The van der Waals surface area contributed by atoms with Crippen LogP contribution < -0.4 is 0 Å². The van der Waals surface area contributed by atoms with Crippen LogP contribution in [0.2, 0.25) is 0 Å². The van der Waals surface area contributed by atoms with Gasteiger partial charge in [0.05, 0.1) is 19.3 Å². The number of nitrogens with zero attached hydrogens (tertiary/aromatic N) is 1. The van der Waals surface area contributed by atoms with Gasteiger partial charge in [0.15, 0.2) is 5.78 Å². The number of ketones is 1. The lowest BCUT2D eigenvalue weighted by molar-refractivity contribution is -0.172. The molecule has 4 nitrogen and oxygen atoms in total. The minimum Gasteiger partial charge on any atom is -0.394 e. The molecule has 3 aliphatic heterocycles. The lowest BCUT2D eigenvalue weighted by Gasteiger charge is -2.56. The summed E-state index contributed by atoms with van der Waals surface area (Å²) in [6, 6.07) is 0. The highest BCUT2D eigenvalue weighted by atomic mass is 16.5. The molecule has 0 aromatic heterocycles. The third-order valence-corrected chi connectivity index (χ3v) is 4.36. The maximum atomic E-state index is 12.6. The van der Waals surface area contributed by atoms with Crippen molar-refractivity contribution in [1.29, 1.82) is 0 Å². The van der Waals surface area contributed by atoms with Gasteiger partial charge in [-0.05, 0) is 26.7 Å². The van der Waals surface area contributed by atoms with Crippen molar-refractivity contribution < 1.29 is 14.6 Å². The lowest BCUT2D eigenvalue weighted by Crippen LogP contribution is -2.72. The van der Waals surface area contributed by atoms with Crippen molar-refractivity contribution in [2.75, 3.05) is 26.3 Å². The molecule has 0 radical (unpaired) electrons. The van der Waals surface area contributed by atoms with Crippen molar-refractivity contribution in [3.63, 3.8) is 0 Å². The van der Waals surface area contributed by atoms with Crippen molar-refractivity contribution in [2.24, 2.45) is 5.41 Å². The van der Waals surface area contributed by atoms with Crippen LogP contribution in [0.1, 0.15) is 33.6 Å². The molecule has 3 aliphatic rings. The Kier molecular flexibility index (Phi) is 3.31. The average molecular weight is 241 g/mol. The second kappa shape index (κ2) is 4.34. The smallest absolute Gasteiger partial charge is 0.163 e. The van der Waals surface area contributed by atoms with Crippen molar-refractivity contribution in [2.45, 2.75) is 45.3 Å². The van der Waals surface area contributed by atoms with Gasteiger partial charge >= 0.3 is 0 Å². The first-order valence-corrected chi connectivity index (χ1v) is 6.47. The molecule has 3 fully saturated rings. The van der Waals surface area contributed by atoms with Gasteiger partial charge in [0.25, 0.3) is 0 Å². The van der Waals surface area contributed by atoms with E-state index in [0.29, 0.717) is 6.61 Å². The number of aliphatic hydroxyl groups is 1. The van der Waals surface area contributed by atoms with Gasteiger partial charge < -0.3 is 9.84 Å². The number of rotatable bonds is 4. The molecular weight excluding hydrogens is 218 g/mol. The zero-order chi connectivity index (χ0) is 12.7. The summed E-state index contributed by atoms with van der Waals surface area (Å²) in [6.07, 6.45) is 1.91. The molecule has 1 atom stereocenters. The number of carbonyl (C=O) groups is 1. The molecule has 17 heavy (non-hydrogen) atoms. The minimum atomic E-state index is -0.782.